The zero-order chi connectivity index (χ0) is 14.0. The van der Waals surface area contributed by atoms with Crippen molar-refractivity contribution in [1.82, 2.24) is 4.90 Å². The fraction of sp³-hybridized carbons (Fsp3) is 0.500. The van der Waals surface area contributed by atoms with Crippen LogP contribution in [0, 0.1) is 13.8 Å². The van der Waals surface area contributed by atoms with Crippen LogP contribution in [0.5, 0.6) is 0 Å². The minimum absolute atomic E-state index is 0.0389. The van der Waals surface area contributed by atoms with Gasteiger partial charge in [0.15, 0.2) is 0 Å². The molecule has 0 aliphatic carbocycles. The highest BCUT2D eigenvalue weighted by Crippen LogP contribution is 2.27. The fourth-order valence-electron chi connectivity index (χ4n) is 2.46. The number of nitrogens with two attached hydrogens (primary N) is 1. The van der Waals surface area contributed by atoms with Gasteiger partial charge in [-0.15, -0.1) is 0 Å². The minimum Gasteiger partial charge on any atom is -0.326 e. The van der Waals surface area contributed by atoms with Crippen LogP contribution < -0.4 is 11.1 Å². The van der Waals surface area contributed by atoms with Crippen molar-refractivity contribution in [3.05, 3.63) is 28.3 Å². The number of carbonyl (C=O) groups is 1. The third-order valence-electron chi connectivity index (χ3n) is 3.37. The zero-order valence-corrected chi connectivity index (χ0v) is 12.1. The van der Waals surface area contributed by atoms with Crippen molar-refractivity contribution in [2.75, 3.05) is 25.0 Å². The van der Waals surface area contributed by atoms with E-state index in [0.717, 1.165) is 30.6 Å². The Morgan fingerprint density at radius 3 is 2.84 bits per heavy atom. The van der Waals surface area contributed by atoms with Gasteiger partial charge in [-0.2, -0.15) is 0 Å². The second-order valence-electron chi connectivity index (χ2n) is 5.27. The third kappa shape index (κ3) is 3.69. The molecule has 1 amide bonds. The van der Waals surface area contributed by atoms with Gasteiger partial charge in [0.2, 0.25) is 5.91 Å². The molecule has 19 heavy (non-hydrogen) atoms. The maximum Gasteiger partial charge on any atom is 0.238 e. The van der Waals surface area contributed by atoms with Crippen LogP contribution in [-0.4, -0.2) is 36.5 Å². The fourth-order valence-corrected chi connectivity index (χ4v) is 2.83. The number of aryl methyl sites for hydroxylation is 2. The molecule has 3 N–H and O–H groups in total. The number of nitrogens with zero attached hydrogens (tertiary/aromatic N) is 1. The largest absolute Gasteiger partial charge is 0.326 e. The van der Waals surface area contributed by atoms with Crippen LogP contribution in [0.3, 0.4) is 0 Å². The molecule has 1 aromatic rings. The molecule has 1 heterocycles. The van der Waals surface area contributed by atoms with E-state index in [1.54, 1.807) is 0 Å². The van der Waals surface area contributed by atoms with Crippen molar-refractivity contribution < 1.29 is 4.79 Å². The molecule has 1 aromatic carbocycles. The first-order valence-electron chi connectivity index (χ1n) is 6.50. The van der Waals surface area contributed by atoms with E-state index in [2.05, 4.69) is 10.2 Å². The number of benzene rings is 1. The maximum atomic E-state index is 12.0. The molecule has 104 valence electrons. The smallest absolute Gasteiger partial charge is 0.238 e. The first-order valence-corrected chi connectivity index (χ1v) is 6.88. The maximum absolute atomic E-state index is 12.0. The summed E-state index contributed by atoms with van der Waals surface area (Å²) in [5.74, 6) is -0.0389. The molecule has 1 aliphatic heterocycles. The number of halogens is 1. The molecule has 2 rings (SSSR count). The van der Waals surface area contributed by atoms with E-state index < -0.39 is 0 Å². The first-order chi connectivity index (χ1) is 8.95. The second kappa shape index (κ2) is 5.90. The van der Waals surface area contributed by atoms with Crippen LogP contribution in [0.4, 0.5) is 5.69 Å². The van der Waals surface area contributed by atoms with Crippen molar-refractivity contribution in [3.63, 3.8) is 0 Å². The van der Waals surface area contributed by atoms with E-state index in [-0.39, 0.29) is 11.9 Å². The Bertz CT molecular complexity index is 467. The van der Waals surface area contributed by atoms with Crippen LogP contribution in [-0.2, 0) is 4.79 Å². The van der Waals surface area contributed by atoms with Crippen LogP contribution >= 0.6 is 11.6 Å². The van der Waals surface area contributed by atoms with Gasteiger partial charge >= 0.3 is 0 Å². The van der Waals surface area contributed by atoms with Gasteiger partial charge in [-0.05, 0) is 37.5 Å². The molecule has 0 bridgehead atoms. The Labute approximate surface area is 118 Å². The molecule has 0 aromatic heterocycles. The zero-order valence-electron chi connectivity index (χ0n) is 11.4. The Balaban J connectivity index is 1.99. The molecular weight excluding hydrogens is 262 g/mol. The molecule has 1 saturated heterocycles. The monoisotopic (exact) mass is 281 g/mol. The SMILES string of the molecule is Cc1cc(C)c(NC(=O)CN2CC[C@@H](N)C2)c(Cl)c1. The van der Waals surface area contributed by atoms with Crippen molar-refractivity contribution in [2.24, 2.45) is 5.73 Å². The van der Waals surface area contributed by atoms with Gasteiger partial charge in [-0.3, -0.25) is 9.69 Å². The molecule has 0 radical (unpaired) electrons. The topological polar surface area (TPSA) is 58.4 Å². The van der Waals surface area contributed by atoms with E-state index in [0.29, 0.717) is 17.3 Å². The van der Waals surface area contributed by atoms with Crippen molar-refractivity contribution in [1.29, 1.82) is 0 Å². The van der Waals surface area contributed by atoms with Crippen LogP contribution in [0.2, 0.25) is 5.02 Å². The number of likely N-dealkylation sites (tertiary alicyclic amines) is 1. The van der Waals surface area contributed by atoms with E-state index in [1.807, 2.05) is 26.0 Å². The molecule has 0 saturated carbocycles. The van der Waals surface area contributed by atoms with E-state index >= 15 is 0 Å². The summed E-state index contributed by atoms with van der Waals surface area (Å²) in [6, 6.07) is 4.06. The summed E-state index contributed by atoms with van der Waals surface area (Å²) in [5, 5.41) is 3.48. The number of anilines is 1. The lowest BCUT2D eigenvalue weighted by Gasteiger charge is -2.16. The highest BCUT2D eigenvalue weighted by Gasteiger charge is 2.21. The van der Waals surface area contributed by atoms with E-state index in [4.69, 9.17) is 17.3 Å². The summed E-state index contributed by atoms with van der Waals surface area (Å²) < 4.78 is 0. The number of carbonyl (C=O) groups excluding carboxylic acids is 1. The summed E-state index contributed by atoms with van der Waals surface area (Å²) >= 11 is 6.17. The van der Waals surface area contributed by atoms with E-state index in [1.165, 1.54) is 0 Å². The van der Waals surface area contributed by atoms with Gasteiger partial charge in [0.05, 0.1) is 17.3 Å². The molecular formula is C14H20ClN3O. The van der Waals surface area contributed by atoms with Gasteiger partial charge in [0, 0.05) is 19.1 Å². The number of hydrogen-bond acceptors (Lipinski definition) is 3. The highest BCUT2D eigenvalue weighted by molar-refractivity contribution is 6.34. The summed E-state index contributed by atoms with van der Waals surface area (Å²) in [6.07, 6.45) is 0.956. The Morgan fingerprint density at radius 2 is 2.26 bits per heavy atom. The third-order valence-corrected chi connectivity index (χ3v) is 3.67. The molecule has 1 fully saturated rings. The average Bonchev–Trinajstić information content (AvgIpc) is 2.69. The highest BCUT2D eigenvalue weighted by atomic mass is 35.5. The van der Waals surface area contributed by atoms with Crippen molar-refractivity contribution in [3.8, 4) is 0 Å². The first kappa shape index (κ1) is 14.3. The van der Waals surface area contributed by atoms with E-state index in [9.17, 15) is 4.79 Å². The van der Waals surface area contributed by atoms with Crippen LogP contribution in [0.1, 0.15) is 17.5 Å². The van der Waals surface area contributed by atoms with Crippen LogP contribution in [0.15, 0.2) is 12.1 Å². The van der Waals surface area contributed by atoms with Gasteiger partial charge in [-0.25, -0.2) is 0 Å². The Hall–Kier alpha value is -1.10. The quantitative estimate of drug-likeness (QED) is 0.890. The standard InChI is InChI=1S/C14H20ClN3O/c1-9-5-10(2)14(12(15)6-9)17-13(19)8-18-4-3-11(16)7-18/h5-6,11H,3-4,7-8,16H2,1-2H3,(H,17,19)/t11-/m1/s1. The summed E-state index contributed by atoms with van der Waals surface area (Å²) in [7, 11) is 0. The molecule has 5 heteroatoms. The van der Waals surface area contributed by atoms with Gasteiger partial charge in [0.1, 0.15) is 0 Å². The molecule has 1 aliphatic rings. The summed E-state index contributed by atoms with van der Waals surface area (Å²) in [6.45, 7) is 5.97. The Kier molecular flexibility index (Phi) is 4.45. The number of hydrogen-bond donors (Lipinski definition) is 2. The predicted octanol–water partition coefficient (Wildman–Crippen LogP) is 1.93. The van der Waals surface area contributed by atoms with Gasteiger partial charge < -0.3 is 11.1 Å². The summed E-state index contributed by atoms with van der Waals surface area (Å²) in [5.41, 5.74) is 8.60. The molecule has 0 spiro atoms. The van der Waals surface area contributed by atoms with Gasteiger partial charge in [-0.1, -0.05) is 17.7 Å². The lowest BCUT2D eigenvalue weighted by Crippen LogP contribution is -2.33. The van der Waals surface area contributed by atoms with Crippen molar-refractivity contribution >= 4 is 23.2 Å². The van der Waals surface area contributed by atoms with Crippen molar-refractivity contribution in [2.45, 2.75) is 26.3 Å². The molecule has 0 unspecified atom stereocenters. The molecule has 4 nitrogen and oxygen atoms in total. The predicted molar refractivity (Wildman–Crippen MR) is 78.6 cm³/mol. The number of amides is 1. The molecule has 1 atom stereocenters. The lowest BCUT2D eigenvalue weighted by molar-refractivity contribution is -0.117. The number of rotatable bonds is 3. The number of nitrogens with one attached hydrogen (secondary N) is 1. The van der Waals surface area contributed by atoms with Crippen LogP contribution in [0.25, 0.3) is 0 Å². The lowest BCUT2D eigenvalue weighted by atomic mass is 10.1. The minimum atomic E-state index is -0.0389. The Morgan fingerprint density at radius 1 is 1.53 bits per heavy atom. The normalized spacial score (nSPS) is 19.7. The summed E-state index contributed by atoms with van der Waals surface area (Å²) in [4.78, 5) is 14.1. The average molecular weight is 282 g/mol. The second-order valence-corrected chi connectivity index (χ2v) is 5.68. The van der Waals surface area contributed by atoms with Gasteiger partial charge in [0.25, 0.3) is 0 Å².